The average Bonchev–Trinajstić information content (AvgIpc) is 3.21. The van der Waals surface area contributed by atoms with E-state index in [2.05, 4.69) is 12.2 Å². The number of Topliss-reactive ketones (excluding diaryl/α,β-unsaturated/α-hetero) is 1. The monoisotopic (exact) mass is 399 g/mol. The Morgan fingerprint density at radius 2 is 2.00 bits per heavy atom. The third kappa shape index (κ3) is 3.71. The summed E-state index contributed by atoms with van der Waals surface area (Å²) in [6.45, 7) is 5.16. The zero-order chi connectivity index (χ0) is 20.4. The normalized spacial score (nSPS) is 10.9. The average molecular weight is 399 g/mol. The van der Waals surface area contributed by atoms with Crippen LogP contribution < -0.4 is 5.32 Å². The van der Waals surface area contributed by atoms with E-state index in [-0.39, 0.29) is 23.7 Å². The molecule has 0 spiro atoms. The zero-order valence-corrected chi connectivity index (χ0v) is 17.0. The van der Waals surface area contributed by atoms with Crippen LogP contribution in [0, 0.1) is 6.92 Å². The molecule has 0 bridgehead atoms. The van der Waals surface area contributed by atoms with Gasteiger partial charge in [0.1, 0.15) is 10.6 Å². The number of aryl methyl sites for hydroxylation is 1. The third-order valence-corrected chi connectivity index (χ3v) is 5.89. The Kier molecular flexibility index (Phi) is 5.65. The third-order valence-electron chi connectivity index (χ3n) is 4.59. The molecule has 0 atom stereocenters. The number of hydrogen-bond acceptors (Lipinski definition) is 6. The highest BCUT2D eigenvalue weighted by molar-refractivity contribution is 7.18. The number of nitrogens with one attached hydrogen (secondary N) is 1. The molecule has 146 valence electrons. The van der Waals surface area contributed by atoms with Crippen LogP contribution in [0.2, 0.25) is 0 Å². The number of amides is 1. The van der Waals surface area contributed by atoms with Crippen LogP contribution in [0.1, 0.15) is 50.6 Å². The van der Waals surface area contributed by atoms with Crippen LogP contribution in [0.4, 0.5) is 5.00 Å². The van der Waals surface area contributed by atoms with Crippen molar-refractivity contribution < 1.29 is 23.5 Å². The van der Waals surface area contributed by atoms with Gasteiger partial charge in [0.25, 0.3) is 0 Å². The molecule has 1 N–H and O–H groups in total. The van der Waals surface area contributed by atoms with Gasteiger partial charge in [-0.3, -0.25) is 9.59 Å². The highest BCUT2D eigenvalue weighted by Crippen LogP contribution is 2.34. The highest BCUT2D eigenvalue weighted by atomic mass is 32.1. The second kappa shape index (κ2) is 7.98. The van der Waals surface area contributed by atoms with E-state index in [1.54, 1.807) is 13.2 Å². The number of carbonyl (C=O) groups is 3. The van der Waals surface area contributed by atoms with Gasteiger partial charge in [-0.25, -0.2) is 4.79 Å². The Bertz CT molecular complexity index is 1080. The molecule has 0 aliphatic heterocycles. The predicted molar refractivity (Wildman–Crippen MR) is 108 cm³/mol. The lowest BCUT2D eigenvalue weighted by atomic mass is 10.1. The van der Waals surface area contributed by atoms with E-state index in [0.717, 1.165) is 39.9 Å². The minimum absolute atomic E-state index is 0.0904. The summed E-state index contributed by atoms with van der Waals surface area (Å²) in [6.07, 6.45) is 2.55. The SMILES string of the molecule is CCc1ccc2occ(CC(=O)Nc3sc(C(C)=O)c(C)c3C(=O)OC)c2c1. The number of fused-ring (bicyclic) bond motifs is 1. The molecule has 0 unspecified atom stereocenters. The topological polar surface area (TPSA) is 85.6 Å². The minimum atomic E-state index is -0.585. The van der Waals surface area contributed by atoms with E-state index in [0.29, 0.717) is 15.4 Å². The Labute approximate surface area is 166 Å². The van der Waals surface area contributed by atoms with Crippen LogP contribution >= 0.6 is 11.3 Å². The Hall–Kier alpha value is -2.93. The van der Waals surface area contributed by atoms with Gasteiger partial charge in [0.05, 0.1) is 30.2 Å². The summed E-state index contributed by atoms with van der Waals surface area (Å²) < 4.78 is 10.3. The molecule has 28 heavy (non-hydrogen) atoms. The predicted octanol–water partition coefficient (Wildman–Crippen LogP) is 4.54. The number of rotatable bonds is 6. The molecule has 0 fully saturated rings. The van der Waals surface area contributed by atoms with Crippen molar-refractivity contribution in [2.24, 2.45) is 0 Å². The van der Waals surface area contributed by atoms with Crippen LogP contribution in [0.5, 0.6) is 0 Å². The molecule has 0 aliphatic carbocycles. The maximum atomic E-state index is 12.6. The van der Waals surface area contributed by atoms with Crippen molar-refractivity contribution in [3.8, 4) is 0 Å². The zero-order valence-electron chi connectivity index (χ0n) is 16.2. The van der Waals surface area contributed by atoms with Crippen molar-refractivity contribution in [2.75, 3.05) is 12.4 Å². The summed E-state index contributed by atoms with van der Waals surface area (Å²) in [5.74, 6) is -1.05. The molecule has 2 heterocycles. The van der Waals surface area contributed by atoms with Crippen LogP contribution in [0.3, 0.4) is 0 Å². The van der Waals surface area contributed by atoms with Gasteiger partial charge >= 0.3 is 5.97 Å². The van der Waals surface area contributed by atoms with Crippen LogP contribution in [0.15, 0.2) is 28.9 Å². The molecule has 1 amide bonds. The van der Waals surface area contributed by atoms with Crippen molar-refractivity contribution in [2.45, 2.75) is 33.6 Å². The molecule has 0 radical (unpaired) electrons. The van der Waals surface area contributed by atoms with Gasteiger partial charge in [-0.15, -0.1) is 11.3 Å². The summed E-state index contributed by atoms with van der Waals surface area (Å²) >= 11 is 1.08. The van der Waals surface area contributed by atoms with E-state index in [9.17, 15) is 14.4 Å². The van der Waals surface area contributed by atoms with E-state index < -0.39 is 5.97 Å². The maximum absolute atomic E-state index is 12.6. The highest BCUT2D eigenvalue weighted by Gasteiger charge is 2.25. The van der Waals surface area contributed by atoms with Gasteiger partial charge in [-0.2, -0.15) is 0 Å². The first kappa shape index (κ1) is 19.8. The van der Waals surface area contributed by atoms with E-state index in [1.807, 2.05) is 18.2 Å². The van der Waals surface area contributed by atoms with Crippen LogP contribution in [0.25, 0.3) is 11.0 Å². The minimum Gasteiger partial charge on any atom is -0.465 e. The molecule has 7 heteroatoms. The second-order valence-electron chi connectivity index (χ2n) is 6.48. The number of esters is 1. The number of thiophene rings is 1. The van der Waals surface area contributed by atoms with Gasteiger partial charge in [-0.1, -0.05) is 13.0 Å². The van der Waals surface area contributed by atoms with Crippen molar-refractivity contribution in [3.63, 3.8) is 0 Å². The second-order valence-corrected chi connectivity index (χ2v) is 7.50. The molecule has 0 saturated heterocycles. The fourth-order valence-corrected chi connectivity index (χ4v) is 4.22. The Morgan fingerprint density at radius 1 is 1.25 bits per heavy atom. The van der Waals surface area contributed by atoms with Crippen LogP contribution in [-0.4, -0.2) is 24.8 Å². The van der Waals surface area contributed by atoms with Crippen molar-refractivity contribution in [1.29, 1.82) is 0 Å². The van der Waals surface area contributed by atoms with Crippen molar-refractivity contribution >= 4 is 45.0 Å². The first-order valence-electron chi connectivity index (χ1n) is 8.87. The van der Waals surface area contributed by atoms with Gasteiger partial charge < -0.3 is 14.5 Å². The van der Waals surface area contributed by atoms with E-state index in [1.165, 1.54) is 14.0 Å². The number of methoxy groups -OCH3 is 1. The Morgan fingerprint density at radius 3 is 2.64 bits per heavy atom. The number of furan rings is 1. The summed E-state index contributed by atoms with van der Waals surface area (Å²) in [6, 6.07) is 5.91. The van der Waals surface area contributed by atoms with Crippen LogP contribution in [-0.2, 0) is 22.4 Å². The lowest BCUT2D eigenvalue weighted by Gasteiger charge is -2.06. The molecule has 0 saturated carbocycles. The number of hydrogen-bond donors (Lipinski definition) is 1. The molecule has 0 aliphatic rings. The molecular formula is C21H21NO5S. The standard InChI is InChI=1S/C21H21NO5S/c1-5-13-6-7-16-15(8-13)14(10-27-16)9-17(24)22-20-18(21(25)26-4)11(2)19(28-20)12(3)23/h6-8,10H,5,9H2,1-4H3,(H,22,24). The molecule has 6 nitrogen and oxygen atoms in total. The molecule has 3 rings (SSSR count). The van der Waals surface area contributed by atoms with Crippen molar-refractivity contribution in [1.82, 2.24) is 0 Å². The summed E-state index contributed by atoms with van der Waals surface area (Å²) in [5, 5.41) is 3.98. The van der Waals surface area contributed by atoms with Crippen molar-refractivity contribution in [3.05, 3.63) is 51.6 Å². The number of ketones is 1. The number of carbonyl (C=O) groups excluding carboxylic acids is 3. The summed E-state index contributed by atoms with van der Waals surface area (Å²) in [5.41, 5.74) is 3.38. The van der Waals surface area contributed by atoms with Gasteiger partial charge in [-0.05, 0) is 43.5 Å². The van der Waals surface area contributed by atoms with E-state index >= 15 is 0 Å². The summed E-state index contributed by atoms with van der Waals surface area (Å²) in [4.78, 5) is 37.0. The number of ether oxygens (including phenoxy) is 1. The largest absolute Gasteiger partial charge is 0.465 e. The summed E-state index contributed by atoms with van der Waals surface area (Å²) in [7, 11) is 1.27. The van der Waals surface area contributed by atoms with Gasteiger partial charge in [0.2, 0.25) is 5.91 Å². The lowest BCUT2D eigenvalue weighted by molar-refractivity contribution is -0.115. The first-order chi connectivity index (χ1) is 13.3. The number of anilines is 1. The molecule has 3 aromatic rings. The quantitative estimate of drug-likeness (QED) is 0.486. The molecular weight excluding hydrogens is 378 g/mol. The first-order valence-corrected chi connectivity index (χ1v) is 9.68. The fraction of sp³-hybridized carbons (Fsp3) is 0.286. The van der Waals surface area contributed by atoms with Gasteiger partial charge in [0.15, 0.2) is 5.78 Å². The number of benzene rings is 1. The maximum Gasteiger partial charge on any atom is 0.341 e. The fourth-order valence-electron chi connectivity index (χ4n) is 3.11. The van der Waals surface area contributed by atoms with E-state index in [4.69, 9.17) is 9.15 Å². The Balaban J connectivity index is 1.89. The lowest BCUT2D eigenvalue weighted by Crippen LogP contribution is -2.16. The van der Waals surface area contributed by atoms with Gasteiger partial charge in [0, 0.05) is 10.9 Å². The smallest absolute Gasteiger partial charge is 0.341 e. The molecule has 1 aromatic carbocycles. The molecule has 2 aromatic heterocycles.